The first kappa shape index (κ1) is 21.3. The summed E-state index contributed by atoms with van der Waals surface area (Å²) in [5.74, 6) is 0.674. The van der Waals surface area contributed by atoms with Crippen LogP contribution in [-0.2, 0) is 16.1 Å². The van der Waals surface area contributed by atoms with Crippen molar-refractivity contribution in [2.24, 2.45) is 5.92 Å². The third kappa shape index (κ3) is 4.65. The van der Waals surface area contributed by atoms with E-state index in [0.29, 0.717) is 55.1 Å². The molecule has 1 N–H and O–H groups in total. The number of rotatable bonds is 6. The summed E-state index contributed by atoms with van der Waals surface area (Å²) in [6, 6.07) is 13.0. The molecule has 2 aromatic rings. The molecule has 0 spiro atoms. The van der Waals surface area contributed by atoms with E-state index in [1.165, 1.54) is 0 Å². The molecule has 172 valence electrons. The lowest BCUT2D eigenvalue weighted by Crippen LogP contribution is -2.34. The second-order valence-electron chi connectivity index (χ2n) is 8.87. The summed E-state index contributed by atoms with van der Waals surface area (Å²) in [5.41, 5.74) is 2.26. The molecule has 3 aliphatic rings. The zero-order valence-electron chi connectivity index (χ0n) is 18.6. The van der Waals surface area contributed by atoms with Crippen LogP contribution in [0.2, 0.25) is 0 Å². The molecule has 0 aromatic heterocycles. The van der Waals surface area contributed by atoms with Crippen LogP contribution in [0.4, 0.5) is 5.69 Å². The van der Waals surface area contributed by atoms with Crippen LogP contribution in [0.3, 0.4) is 0 Å². The predicted molar refractivity (Wildman–Crippen MR) is 121 cm³/mol. The van der Waals surface area contributed by atoms with Gasteiger partial charge < -0.3 is 24.6 Å². The van der Waals surface area contributed by atoms with Crippen molar-refractivity contribution >= 4 is 23.4 Å². The largest absolute Gasteiger partial charge is 0.486 e. The van der Waals surface area contributed by atoms with E-state index in [-0.39, 0.29) is 24.1 Å². The second-order valence-corrected chi connectivity index (χ2v) is 8.87. The highest BCUT2D eigenvalue weighted by Gasteiger charge is 2.37. The summed E-state index contributed by atoms with van der Waals surface area (Å²) in [6.07, 6.45) is 2.27. The minimum absolute atomic E-state index is 0.0582. The van der Waals surface area contributed by atoms with Gasteiger partial charge in [0.1, 0.15) is 13.2 Å². The molecule has 1 saturated heterocycles. The molecule has 2 fully saturated rings. The lowest BCUT2D eigenvalue weighted by Gasteiger charge is -2.23. The highest BCUT2D eigenvalue weighted by molar-refractivity contribution is 6.00. The Kier molecular flexibility index (Phi) is 5.66. The van der Waals surface area contributed by atoms with E-state index in [9.17, 15) is 14.4 Å². The van der Waals surface area contributed by atoms with Gasteiger partial charge in [-0.3, -0.25) is 14.4 Å². The monoisotopic (exact) mass is 449 g/mol. The van der Waals surface area contributed by atoms with Crippen LogP contribution in [0, 0.1) is 5.92 Å². The minimum atomic E-state index is -0.403. The van der Waals surface area contributed by atoms with Crippen LogP contribution in [0.1, 0.15) is 35.2 Å². The van der Waals surface area contributed by atoms with E-state index in [1.54, 1.807) is 41.1 Å². The van der Waals surface area contributed by atoms with Gasteiger partial charge in [0.2, 0.25) is 11.8 Å². The third-order valence-electron chi connectivity index (χ3n) is 6.24. The van der Waals surface area contributed by atoms with E-state index in [2.05, 4.69) is 5.32 Å². The number of carbonyl (C=O) groups excluding carboxylic acids is 3. The Balaban J connectivity index is 1.19. The average Bonchev–Trinajstić information content (AvgIpc) is 3.56. The molecule has 1 atom stereocenters. The van der Waals surface area contributed by atoms with Gasteiger partial charge in [-0.15, -0.1) is 0 Å². The summed E-state index contributed by atoms with van der Waals surface area (Å²) in [5, 5.41) is 2.97. The Morgan fingerprint density at radius 1 is 1.06 bits per heavy atom. The van der Waals surface area contributed by atoms with Gasteiger partial charge >= 0.3 is 0 Å². The van der Waals surface area contributed by atoms with Crippen LogP contribution in [0.25, 0.3) is 0 Å². The summed E-state index contributed by atoms with van der Waals surface area (Å²) in [4.78, 5) is 41.1. The molecular weight excluding hydrogens is 422 g/mol. The number of anilines is 1. The number of ether oxygens (including phenoxy) is 2. The molecule has 1 aliphatic carbocycles. The van der Waals surface area contributed by atoms with Gasteiger partial charge in [-0.2, -0.15) is 0 Å². The van der Waals surface area contributed by atoms with Gasteiger partial charge in [-0.05, 0) is 42.7 Å². The molecule has 1 saturated carbocycles. The van der Waals surface area contributed by atoms with Crippen molar-refractivity contribution in [1.29, 1.82) is 0 Å². The normalized spacial score (nSPS) is 19.4. The summed E-state index contributed by atoms with van der Waals surface area (Å²) in [6.45, 7) is 1.73. The van der Waals surface area contributed by atoms with E-state index in [0.717, 1.165) is 18.4 Å². The molecule has 8 nitrogen and oxygen atoms in total. The molecule has 3 amide bonds. The lowest BCUT2D eigenvalue weighted by atomic mass is 10.1. The molecule has 1 unspecified atom stereocenters. The number of carbonyl (C=O) groups is 3. The van der Waals surface area contributed by atoms with Crippen LogP contribution < -0.4 is 19.7 Å². The Labute approximate surface area is 192 Å². The highest BCUT2D eigenvalue weighted by Crippen LogP contribution is 2.36. The standard InChI is InChI=1S/C25H27N3O5/c1-27(14-16-2-4-17(5-3-16)24(30)26-19-6-7-19)25(31)18-12-23(29)28(15-18)20-8-9-21-22(13-20)33-11-10-32-21/h2-5,8-9,13,18-19H,6-7,10-12,14-15H2,1H3,(H,26,30). The fourth-order valence-electron chi connectivity index (χ4n) is 4.24. The first-order valence-corrected chi connectivity index (χ1v) is 11.3. The zero-order valence-corrected chi connectivity index (χ0v) is 18.6. The first-order valence-electron chi connectivity index (χ1n) is 11.3. The molecule has 5 rings (SSSR count). The van der Waals surface area contributed by atoms with E-state index in [4.69, 9.17) is 9.47 Å². The molecule has 0 radical (unpaired) electrons. The van der Waals surface area contributed by atoms with Gasteiger partial charge in [0.15, 0.2) is 11.5 Å². The summed E-state index contributed by atoms with van der Waals surface area (Å²) in [7, 11) is 1.74. The van der Waals surface area contributed by atoms with Crippen molar-refractivity contribution in [2.75, 3.05) is 31.7 Å². The van der Waals surface area contributed by atoms with E-state index >= 15 is 0 Å². The molecule has 33 heavy (non-hydrogen) atoms. The molecule has 2 heterocycles. The van der Waals surface area contributed by atoms with E-state index < -0.39 is 5.92 Å². The van der Waals surface area contributed by atoms with Gasteiger partial charge in [0.25, 0.3) is 5.91 Å². The fraction of sp³-hybridized carbons (Fsp3) is 0.400. The van der Waals surface area contributed by atoms with E-state index in [1.807, 2.05) is 18.2 Å². The minimum Gasteiger partial charge on any atom is -0.486 e. The third-order valence-corrected chi connectivity index (χ3v) is 6.24. The van der Waals surface area contributed by atoms with Gasteiger partial charge in [0.05, 0.1) is 5.92 Å². The quantitative estimate of drug-likeness (QED) is 0.732. The fourth-order valence-corrected chi connectivity index (χ4v) is 4.24. The van der Waals surface area contributed by atoms with Crippen molar-refractivity contribution in [3.8, 4) is 11.5 Å². The molecule has 2 aromatic carbocycles. The van der Waals surface area contributed by atoms with Crippen LogP contribution in [0.15, 0.2) is 42.5 Å². The van der Waals surface area contributed by atoms with Crippen molar-refractivity contribution in [2.45, 2.75) is 31.8 Å². The molecule has 2 aliphatic heterocycles. The van der Waals surface area contributed by atoms with Gasteiger partial charge in [0, 0.05) is 49.9 Å². The number of hydrogen-bond acceptors (Lipinski definition) is 5. The Morgan fingerprint density at radius 2 is 1.79 bits per heavy atom. The number of nitrogens with zero attached hydrogens (tertiary/aromatic N) is 2. The topological polar surface area (TPSA) is 88.2 Å². The second kappa shape index (κ2) is 8.77. The first-order chi connectivity index (χ1) is 16.0. The SMILES string of the molecule is CN(Cc1ccc(C(=O)NC2CC2)cc1)C(=O)C1CC(=O)N(c2ccc3c(c2)OCCO3)C1. The van der Waals surface area contributed by atoms with Crippen molar-refractivity contribution in [1.82, 2.24) is 10.2 Å². The molecular formula is C25H27N3O5. The Morgan fingerprint density at radius 3 is 2.52 bits per heavy atom. The van der Waals surface area contributed by atoms with Crippen LogP contribution >= 0.6 is 0 Å². The average molecular weight is 450 g/mol. The number of hydrogen-bond donors (Lipinski definition) is 1. The molecule has 8 heteroatoms. The Bertz CT molecular complexity index is 1080. The smallest absolute Gasteiger partial charge is 0.251 e. The predicted octanol–water partition coefficient (Wildman–Crippen LogP) is 2.36. The number of nitrogens with one attached hydrogen (secondary N) is 1. The van der Waals surface area contributed by atoms with Crippen LogP contribution in [-0.4, -0.2) is 55.5 Å². The van der Waals surface area contributed by atoms with Crippen molar-refractivity contribution < 1.29 is 23.9 Å². The Hall–Kier alpha value is -3.55. The molecule has 0 bridgehead atoms. The van der Waals surface area contributed by atoms with Crippen molar-refractivity contribution in [3.63, 3.8) is 0 Å². The summed E-state index contributed by atoms with van der Waals surface area (Å²) >= 11 is 0. The van der Waals surface area contributed by atoms with Gasteiger partial charge in [-0.25, -0.2) is 0 Å². The maximum absolute atomic E-state index is 13.0. The lowest BCUT2D eigenvalue weighted by molar-refractivity contribution is -0.135. The maximum atomic E-state index is 13.0. The summed E-state index contributed by atoms with van der Waals surface area (Å²) < 4.78 is 11.2. The zero-order chi connectivity index (χ0) is 22.9. The number of fused-ring (bicyclic) bond motifs is 1. The number of amides is 3. The highest BCUT2D eigenvalue weighted by atomic mass is 16.6. The van der Waals surface area contributed by atoms with Crippen molar-refractivity contribution in [3.05, 3.63) is 53.6 Å². The number of benzene rings is 2. The van der Waals surface area contributed by atoms with Crippen LogP contribution in [0.5, 0.6) is 11.5 Å². The van der Waals surface area contributed by atoms with Gasteiger partial charge in [-0.1, -0.05) is 12.1 Å². The maximum Gasteiger partial charge on any atom is 0.251 e.